The topological polar surface area (TPSA) is 49.5 Å². The van der Waals surface area contributed by atoms with Crippen molar-refractivity contribution in [3.8, 4) is 0 Å². The first-order valence-corrected chi connectivity index (χ1v) is 6.07. The molecule has 0 fully saturated rings. The van der Waals surface area contributed by atoms with Crippen molar-refractivity contribution in [2.24, 2.45) is 5.73 Å². The molecule has 1 aromatic heterocycles. The zero-order chi connectivity index (χ0) is 10.6. The lowest BCUT2D eigenvalue weighted by atomic mass is 10.3. The molecule has 0 saturated heterocycles. The molecule has 0 aromatic carbocycles. The van der Waals surface area contributed by atoms with Gasteiger partial charge in [-0.3, -0.25) is 4.90 Å². The molecule has 0 amide bonds. The van der Waals surface area contributed by atoms with E-state index in [9.17, 15) is 0 Å². The average Bonchev–Trinajstić information content (AvgIpc) is 2.50. The Morgan fingerprint density at radius 2 is 2.43 bits per heavy atom. The van der Waals surface area contributed by atoms with E-state index in [1.165, 1.54) is 4.88 Å². The van der Waals surface area contributed by atoms with Crippen LogP contribution in [-0.2, 0) is 6.54 Å². The van der Waals surface area contributed by atoms with Gasteiger partial charge in [0.05, 0.1) is 6.61 Å². The smallest absolute Gasteiger partial charge is 0.0595 e. The van der Waals surface area contributed by atoms with Crippen LogP contribution >= 0.6 is 27.3 Å². The van der Waals surface area contributed by atoms with Gasteiger partial charge in [-0.05, 0) is 29.0 Å². The molecule has 1 rings (SSSR count). The molecule has 0 bridgehead atoms. The highest BCUT2D eigenvalue weighted by Gasteiger charge is 2.07. The molecule has 14 heavy (non-hydrogen) atoms. The molecule has 80 valence electrons. The molecular weight excluding hydrogens is 264 g/mol. The number of thiophene rings is 1. The van der Waals surface area contributed by atoms with Crippen LogP contribution in [0.1, 0.15) is 4.88 Å². The van der Waals surface area contributed by atoms with E-state index in [1.807, 2.05) is 7.05 Å². The third-order valence-corrected chi connectivity index (χ3v) is 3.51. The Labute approximate surface area is 96.7 Å². The number of hydrogen-bond acceptors (Lipinski definition) is 4. The molecule has 0 aliphatic heterocycles. The van der Waals surface area contributed by atoms with Gasteiger partial charge in [-0.25, -0.2) is 0 Å². The predicted octanol–water partition coefficient (Wildman–Crippen LogP) is 1.26. The van der Waals surface area contributed by atoms with Crippen molar-refractivity contribution in [3.63, 3.8) is 0 Å². The van der Waals surface area contributed by atoms with Gasteiger partial charge < -0.3 is 10.8 Å². The van der Waals surface area contributed by atoms with Gasteiger partial charge in [0.25, 0.3) is 0 Å². The summed E-state index contributed by atoms with van der Waals surface area (Å²) in [5.41, 5.74) is 5.64. The molecule has 0 aliphatic carbocycles. The highest BCUT2D eigenvalue weighted by molar-refractivity contribution is 9.10. The van der Waals surface area contributed by atoms with Crippen molar-refractivity contribution in [2.45, 2.75) is 12.6 Å². The van der Waals surface area contributed by atoms with E-state index in [0.717, 1.165) is 11.0 Å². The summed E-state index contributed by atoms with van der Waals surface area (Å²) in [5.74, 6) is 0. The molecule has 3 N–H and O–H groups in total. The molecule has 0 aliphatic rings. The number of rotatable bonds is 5. The zero-order valence-electron chi connectivity index (χ0n) is 8.11. The number of nitrogens with zero attached hydrogens (tertiary/aromatic N) is 1. The van der Waals surface area contributed by atoms with Crippen molar-refractivity contribution in [3.05, 3.63) is 20.8 Å². The van der Waals surface area contributed by atoms with Crippen molar-refractivity contribution < 1.29 is 5.11 Å². The summed E-state index contributed by atoms with van der Waals surface area (Å²) in [6.07, 6.45) is 0. The first-order valence-electron chi connectivity index (χ1n) is 4.39. The van der Waals surface area contributed by atoms with Crippen LogP contribution in [0.4, 0.5) is 0 Å². The van der Waals surface area contributed by atoms with Crippen LogP contribution in [0.3, 0.4) is 0 Å². The SMILES string of the molecule is CN(Cc1cc(Br)cs1)CC(N)CO. The van der Waals surface area contributed by atoms with Gasteiger partial charge in [0.15, 0.2) is 0 Å². The lowest BCUT2D eigenvalue weighted by Crippen LogP contribution is -2.37. The zero-order valence-corrected chi connectivity index (χ0v) is 10.5. The van der Waals surface area contributed by atoms with Gasteiger partial charge in [-0.1, -0.05) is 0 Å². The Bertz CT molecular complexity index is 280. The third-order valence-electron chi connectivity index (χ3n) is 1.83. The second-order valence-electron chi connectivity index (χ2n) is 3.37. The minimum absolute atomic E-state index is 0.0402. The molecule has 1 heterocycles. The first kappa shape index (κ1) is 12.1. The molecule has 0 radical (unpaired) electrons. The van der Waals surface area contributed by atoms with Crippen molar-refractivity contribution in [2.75, 3.05) is 20.2 Å². The van der Waals surface area contributed by atoms with Crippen molar-refractivity contribution in [1.29, 1.82) is 0 Å². The van der Waals surface area contributed by atoms with E-state index >= 15 is 0 Å². The summed E-state index contributed by atoms with van der Waals surface area (Å²) >= 11 is 5.13. The van der Waals surface area contributed by atoms with Crippen LogP contribution in [0.5, 0.6) is 0 Å². The van der Waals surface area contributed by atoms with Gasteiger partial charge in [0, 0.05) is 33.9 Å². The number of aliphatic hydroxyl groups excluding tert-OH is 1. The highest BCUT2D eigenvalue weighted by Crippen LogP contribution is 2.20. The maximum atomic E-state index is 8.80. The van der Waals surface area contributed by atoms with E-state index < -0.39 is 0 Å². The maximum absolute atomic E-state index is 8.80. The summed E-state index contributed by atoms with van der Waals surface area (Å²) in [6.45, 7) is 1.63. The minimum Gasteiger partial charge on any atom is -0.395 e. The van der Waals surface area contributed by atoms with E-state index in [4.69, 9.17) is 10.8 Å². The Hall–Kier alpha value is 0.0600. The third kappa shape index (κ3) is 4.06. The molecule has 0 saturated carbocycles. The van der Waals surface area contributed by atoms with Crippen molar-refractivity contribution in [1.82, 2.24) is 4.90 Å². The van der Waals surface area contributed by atoms with Crippen LogP contribution in [0.25, 0.3) is 0 Å². The number of halogens is 1. The molecule has 1 atom stereocenters. The summed E-state index contributed by atoms with van der Waals surface area (Å²) in [5, 5.41) is 10.9. The monoisotopic (exact) mass is 278 g/mol. The Balaban J connectivity index is 2.37. The van der Waals surface area contributed by atoms with E-state index in [0.29, 0.717) is 6.54 Å². The average molecular weight is 279 g/mol. The molecule has 3 nitrogen and oxygen atoms in total. The number of aliphatic hydroxyl groups is 1. The predicted molar refractivity (Wildman–Crippen MR) is 63.4 cm³/mol. The fraction of sp³-hybridized carbons (Fsp3) is 0.556. The lowest BCUT2D eigenvalue weighted by molar-refractivity contribution is 0.219. The van der Waals surface area contributed by atoms with E-state index in [1.54, 1.807) is 11.3 Å². The molecular formula is C9H15BrN2OS. The van der Waals surface area contributed by atoms with Gasteiger partial charge in [0.2, 0.25) is 0 Å². The fourth-order valence-electron chi connectivity index (χ4n) is 1.23. The molecule has 0 spiro atoms. The van der Waals surface area contributed by atoms with Crippen LogP contribution < -0.4 is 5.73 Å². The van der Waals surface area contributed by atoms with Crippen LogP contribution in [-0.4, -0.2) is 36.2 Å². The van der Waals surface area contributed by atoms with E-state index in [2.05, 4.69) is 32.3 Å². The van der Waals surface area contributed by atoms with Gasteiger partial charge in [-0.15, -0.1) is 11.3 Å². The first-order chi connectivity index (χ1) is 6.61. The van der Waals surface area contributed by atoms with Gasteiger partial charge in [0.1, 0.15) is 0 Å². The Kier molecular flexibility index (Phi) is 5.05. The fourth-order valence-corrected chi connectivity index (χ4v) is 2.76. The lowest BCUT2D eigenvalue weighted by Gasteiger charge is -2.18. The van der Waals surface area contributed by atoms with Crippen LogP contribution in [0.2, 0.25) is 0 Å². The maximum Gasteiger partial charge on any atom is 0.0595 e. The Morgan fingerprint density at radius 1 is 1.71 bits per heavy atom. The van der Waals surface area contributed by atoms with Crippen LogP contribution in [0, 0.1) is 0 Å². The molecule has 5 heteroatoms. The largest absolute Gasteiger partial charge is 0.395 e. The second kappa shape index (κ2) is 5.82. The quantitative estimate of drug-likeness (QED) is 0.853. The van der Waals surface area contributed by atoms with Gasteiger partial charge in [-0.2, -0.15) is 0 Å². The number of hydrogen-bond donors (Lipinski definition) is 2. The molecule has 1 aromatic rings. The minimum atomic E-state index is -0.150. The van der Waals surface area contributed by atoms with Crippen LogP contribution in [0.15, 0.2) is 15.9 Å². The van der Waals surface area contributed by atoms with Gasteiger partial charge >= 0.3 is 0 Å². The van der Waals surface area contributed by atoms with E-state index in [-0.39, 0.29) is 12.6 Å². The van der Waals surface area contributed by atoms with Crippen molar-refractivity contribution >= 4 is 27.3 Å². The normalized spacial score (nSPS) is 13.5. The summed E-state index contributed by atoms with van der Waals surface area (Å²) in [7, 11) is 2.00. The highest BCUT2D eigenvalue weighted by atomic mass is 79.9. The summed E-state index contributed by atoms with van der Waals surface area (Å²) in [6, 6.07) is 1.95. The standard InChI is InChI=1S/C9H15BrN2OS/c1-12(3-8(11)5-13)4-9-2-7(10)6-14-9/h2,6,8,13H,3-5,11H2,1H3. The second-order valence-corrected chi connectivity index (χ2v) is 5.28. The number of likely N-dealkylation sites (N-methyl/N-ethyl adjacent to an activating group) is 1. The number of nitrogens with two attached hydrogens (primary N) is 1. The Morgan fingerprint density at radius 3 is 2.93 bits per heavy atom. The summed E-state index contributed by atoms with van der Waals surface area (Å²) < 4.78 is 1.12. The molecule has 1 unspecified atom stereocenters. The summed E-state index contributed by atoms with van der Waals surface area (Å²) in [4.78, 5) is 3.41.